The molecule has 2 rings (SSSR count). The van der Waals surface area contributed by atoms with Gasteiger partial charge in [-0.05, 0) is 18.2 Å². The molecule has 2 aromatic rings. The van der Waals surface area contributed by atoms with Crippen LogP contribution in [0.25, 0.3) is 0 Å². The van der Waals surface area contributed by atoms with Gasteiger partial charge in [-0.1, -0.05) is 34.5 Å². The minimum Gasteiger partial charge on any atom is -0.253 e. The molecule has 1 aromatic carbocycles. The van der Waals surface area contributed by atoms with Gasteiger partial charge in [0, 0.05) is 0 Å². The average Bonchev–Trinajstić information content (AvgIpc) is 2.80. The van der Waals surface area contributed by atoms with E-state index in [2.05, 4.69) is 10.2 Å². The molecule has 0 unspecified atom stereocenters. The van der Waals surface area contributed by atoms with Crippen molar-refractivity contribution in [2.75, 3.05) is 4.72 Å². The maximum absolute atomic E-state index is 12.4. The summed E-state index contributed by atoms with van der Waals surface area (Å²) in [5.74, 6) is 0. The van der Waals surface area contributed by atoms with Gasteiger partial charge < -0.3 is 0 Å². The van der Waals surface area contributed by atoms with Gasteiger partial charge in [0.05, 0.1) is 14.9 Å². The van der Waals surface area contributed by atoms with Crippen LogP contribution in [0.3, 0.4) is 0 Å². The van der Waals surface area contributed by atoms with E-state index in [9.17, 15) is 21.6 Å². The minimum absolute atomic E-state index is 0.00668. The van der Waals surface area contributed by atoms with Gasteiger partial charge in [0.25, 0.3) is 10.0 Å². The first kappa shape index (κ1) is 16.3. The van der Waals surface area contributed by atoms with Gasteiger partial charge in [-0.25, -0.2) is 8.42 Å². The van der Waals surface area contributed by atoms with Crippen LogP contribution >= 0.6 is 34.5 Å². The maximum Gasteiger partial charge on any atom is 0.445 e. The summed E-state index contributed by atoms with van der Waals surface area (Å²) in [5.41, 5.74) is 0. The van der Waals surface area contributed by atoms with Crippen LogP contribution in [0.4, 0.5) is 18.3 Å². The minimum atomic E-state index is -4.69. The number of benzene rings is 1. The van der Waals surface area contributed by atoms with Crippen molar-refractivity contribution in [3.63, 3.8) is 0 Å². The molecular formula is C9H4Cl2F3N3O2S2. The third-order valence-corrected chi connectivity index (χ3v) is 5.18. The molecule has 1 aromatic heterocycles. The SMILES string of the molecule is O=S(=O)(Nc1nnc(C(F)(F)F)s1)c1ccc(Cl)c(Cl)c1. The Morgan fingerprint density at radius 2 is 1.81 bits per heavy atom. The topological polar surface area (TPSA) is 72.0 Å². The van der Waals surface area contributed by atoms with Crippen molar-refractivity contribution in [1.29, 1.82) is 0 Å². The van der Waals surface area contributed by atoms with Crippen molar-refractivity contribution in [2.45, 2.75) is 11.1 Å². The zero-order valence-electron chi connectivity index (χ0n) is 9.65. The smallest absolute Gasteiger partial charge is 0.253 e. The number of alkyl halides is 3. The Bertz CT molecular complexity index is 777. The quantitative estimate of drug-likeness (QED) is 0.885. The maximum atomic E-state index is 12.4. The molecule has 0 aliphatic carbocycles. The normalized spacial score (nSPS) is 12.4. The number of rotatable bonds is 3. The lowest BCUT2D eigenvalue weighted by Gasteiger charge is -2.05. The van der Waals surface area contributed by atoms with E-state index < -0.39 is 26.3 Å². The Labute approximate surface area is 130 Å². The summed E-state index contributed by atoms with van der Waals surface area (Å²) in [5, 5.41) is 4.38. The van der Waals surface area contributed by atoms with E-state index in [-0.39, 0.29) is 26.3 Å². The zero-order chi connectivity index (χ0) is 15.8. The highest BCUT2D eigenvalue weighted by atomic mass is 35.5. The molecule has 0 aliphatic rings. The summed E-state index contributed by atoms with van der Waals surface area (Å²) in [6.07, 6.45) is -4.69. The number of aromatic nitrogens is 2. The predicted octanol–water partition coefficient (Wildman–Crippen LogP) is 3.66. The van der Waals surface area contributed by atoms with E-state index in [1.54, 1.807) is 0 Å². The second-order valence-corrected chi connectivity index (χ2v) is 7.07. The summed E-state index contributed by atoms with van der Waals surface area (Å²) in [6, 6.07) is 3.47. The second kappa shape index (κ2) is 5.59. The van der Waals surface area contributed by atoms with Crippen LogP contribution in [0.5, 0.6) is 0 Å². The number of anilines is 1. The van der Waals surface area contributed by atoms with E-state index >= 15 is 0 Å². The Balaban J connectivity index is 2.29. The lowest BCUT2D eigenvalue weighted by atomic mass is 10.4. The zero-order valence-corrected chi connectivity index (χ0v) is 12.8. The molecule has 0 saturated heterocycles. The van der Waals surface area contributed by atoms with Crippen LogP contribution in [0.2, 0.25) is 10.0 Å². The molecule has 0 radical (unpaired) electrons. The largest absolute Gasteiger partial charge is 0.445 e. The Morgan fingerprint density at radius 1 is 1.14 bits per heavy atom. The highest BCUT2D eigenvalue weighted by Crippen LogP contribution is 2.34. The van der Waals surface area contributed by atoms with Crippen LogP contribution in [0, 0.1) is 0 Å². The number of nitrogens with zero attached hydrogens (tertiary/aromatic N) is 2. The number of sulfonamides is 1. The van der Waals surface area contributed by atoms with Crippen LogP contribution < -0.4 is 4.72 Å². The van der Waals surface area contributed by atoms with E-state index in [0.717, 1.165) is 12.1 Å². The lowest BCUT2D eigenvalue weighted by molar-refractivity contribution is -0.138. The first-order valence-corrected chi connectivity index (χ1v) is 8.04. The lowest BCUT2D eigenvalue weighted by Crippen LogP contribution is -2.12. The van der Waals surface area contributed by atoms with Gasteiger partial charge in [0.1, 0.15) is 0 Å². The number of hydrogen-bond acceptors (Lipinski definition) is 5. The molecule has 5 nitrogen and oxygen atoms in total. The van der Waals surface area contributed by atoms with Crippen molar-refractivity contribution in [3.8, 4) is 0 Å². The molecule has 0 saturated carbocycles. The van der Waals surface area contributed by atoms with Crippen molar-refractivity contribution < 1.29 is 21.6 Å². The number of halogens is 5. The van der Waals surface area contributed by atoms with Crippen molar-refractivity contribution >= 4 is 49.7 Å². The summed E-state index contributed by atoms with van der Waals surface area (Å²) >= 11 is 11.4. The average molecular weight is 378 g/mol. The van der Waals surface area contributed by atoms with Gasteiger partial charge in [-0.15, -0.1) is 10.2 Å². The summed E-state index contributed by atoms with van der Waals surface area (Å²) in [7, 11) is -4.14. The fourth-order valence-electron chi connectivity index (χ4n) is 1.20. The van der Waals surface area contributed by atoms with Crippen LogP contribution in [-0.2, 0) is 16.2 Å². The van der Waals surface area contributed by atoms with Gasteiger partial charge in [-0.3, -0.25) is 4.72 Å². The molecule has 1 heterocycles. The van der Waals surface area contributed by atoms with E-state index in [4.69, 9.17) is 23.2 Å². The predicted molar refractivity (Wildman–Crippen MR) is 72.2 cm³/mol. The fourth-order valence-corrected chi connectivity index (χ4v) is 3.43. The molecular weight excluding hydrogens is 374 g/mol. The Morgan fingerprint density at radius 3 is 2.33 bits per heavy atom. The molecule has 0 atom stereocenters. The van der Waals surface area contributed by atoms with Gasteiger partial charge >= 0.3 is 6.18 Å². The molecule has 0 spiro atoms. The van der Waals surface area contributed by atoms with E-state index in [1.165, 1.54) is 6.07 Å². The molecule has 114 valence electrons. The molecule has 0 fully saturated rings. The molecule has 21 heavy (non-hydrogen) atoms. The molecule has 1 N–H and O–H groups in total. The highest BCUT2D eigenvalue weighted by molar-refractivity contribution is 7.93. The van der Waals surface area contributed by atoms with Crippen LogP contribution in [-0.4, -0.2) is 18.6 Å². The van der Waals surface area contributed by atoms with Crippen molar-refractivity contribution in [3.05, 3.63) is 33.3 Å². The molecule has 0 bridgehead atoms. The van der Waals surface area contributed by atoms with Gasteiger partial charge in [-0.2, -0.15) is 13.2 Å². The Kier molecular flexibility index (Phi) is 4.34. The van der Waals surface area contributed by atoms with Gasteiger partial charge in [0.2, 0.25) is 10.1 Å². The molecule has 0 aliphatic heterocycles. The van der Waals surface area contributed by atoms with Crippen LogP contribution in [0.15, 0.2) is 23.1 Å². The second-order valence-electron chi connectivity index (χ2n) is 3.59. The number of nitrogens with one attached hydrogen (secondary N) is 1. The Hall–Kier alpha value is -1.10. The first-order chi connectivity index (χ1) is 9.59. The van der Waals surface area contributed by atoms with Crippen molar-refractivity contribution in [2.24, 2.45) is 0 Å². The molecule has 12 heteroatoms. The third-order valence-electron chi connectivity index (χ3n) is 2.09. The summed E-state index contributed by atoms with van der Waals surface area (Å²) < 4.78 is 62.9. The first-order valence-electron chi connectivity index (χ1n) is 4.98. The van der Waals surface area contributed by atoms with Crippen molar-refractivity contribution in [1.82, 2.24) is 10.2 Å². The number of hydrogen-bond donors (Lipinski definition) is 1. The van der Waals surface area contributed by atoms with E-state index in [1.807, 2.05) is 4.72 Å². The summed E-state index contributed by atoms with van der Waals surface area (Å²) in [4.78, 5) is -0.263. The van der Waals surface area contributed by atoms with E-state index in [0.29, 0.717) is 0 Å². The van der Waals surface area contributed by atoms with Crippen LogP contribution in [0.1, 0.15) is 5.01 Å². The standard InChI is InChI=1S/C9H4Cl2F3N3O2S2/c10-5-2-1-4(3-6(5)11)21(18,19)17-8-16-15-7(20-8)9(12,13)14/h1-3H,(H,16,17). The fraction of sp³-hybridized carbons (Fsp3) is 0.111. The molecule has 0 amide bonds. The van der Waals surface area contributed by atoms with Gasteiger partial charge in [0.15, 0.2) is 0 Å². The third kappa shape index (κ3) is 3.76. The summed E-state index contributed by atoms with van der Waals surface area (Å²) in [6.45, 7) is 0. The highest BCUT2D eigenvalue weighted by Gasteiger charge is 2.36. The monoisotopic (exact) mass is 377 g/mol.